The third kappa shape index (κ3) is 3.30. The molecule has 1 heterocycles. The van der Waals surface area contributed by atoms with E-state index in [0.29, 0.717) is 15.8 Å². The van der Waals surface area contributed by atoms with E-state index in [1.165, 1.54) is 0 Å². The van der Waals surface area contributed by atoms with Gasteiger partial charge in [-0.25, -0.2) is 0 Å². The molecule has 1 aliphatic heterocycles. The molecule has 18 heavy (non-hydrogen) atoms. The number of ether oxygens (including phenoxy) is 1. The van der Waals surface area contributed by atoms with E-state index >= 15 is 0 Å². The minimum absolute atomic E-state index is 0.0172. The minimum atomic E-state index is -0.516. The van der Waals surface area contributed by atoms with Crippen LogP contribution in [0.4, 0.5) is 0 Å². The normalized spacial score (nSPS) is 16.7. The summed E-state index contributed by atoms with van der Waals surface area (Å²) in [5.41, 5.74) is 0. The predicted molar refractivity (Wildman–Crippen MR) is 72.4 cm³/mol. The predicted octanol–water partition coefficient (Wildman–Crippen LogP) is 3.38. The first-order valence-electron chi connectivity index (χ1n) is 5.98. The molecule has 2 rings (SSSR count). The summed E-state index contributed by atoms with van der Waals surface area (Å²) in [4.78, 5) is 13.9. The van der Waals surface area contributed by atoms with Crippen molar-refractivity contribution < 1.29 is 9.53 Å². The maximum atomic E-state index is 12.1. The number of hydrogen-bond acceptors (Lipinski definition) is 2. The van der Waals surface area contributed by atoms with Gasteiger partial charge in [-0.2, -0.15) is 0 Å². The van der Waals surface area contributed by atoms with Crippen molar-refractivity contribution in [3.63, 3.8) is 0 Å². The van der Waals surface area contributed by atoms with E-state index in [4.69, 9.17) is 27.9 Å². The molecule has 0 radical (unpaired) electrons. The zero-order chi connectivity index (χ0) is 13.1. The summed E-state index contributed by atoms with van der Waals surface area (Å²) in [6.07, 6.45) is 1.63. The molecule has 5 heteroatoms. The van der Waals surface area contributed by atoms with Gasteiger partial charge in [0.25, 0.3) is 5.91 Å². The summed E-state index contributed by atoms with van der Waals surface area (Å²) in [6.45, 7) is 3.39. The number of likely N-dealkylation sites (tertiary alicyclic amines) is 1. The van der Waals surface area contributed by atoms with Gasteiger partial charge in [-0.3, -0.25) is 4.79 Å². The molecule has 1 aromatic carbocycles. The topological polar surface area (TPSA) is 29.5 Å². The lowest BCUT2D eigenvalue weighted by molar-refractivity contribution is -0.136. The minimum Gasteiger partial charge on any atom is -0.481 e. The van der Waals surface area contributed by atoms with Crippen molar-refractivity contribution in [3.8, 4) is 5.75 Å². The molecular weight excluding hydrogens is 273 g/mol. The molecule has 0 bridgehead atoms. The first kappa shape index (κ1) is 13.5. The SMILES string of the molecule is CC(Oc1cc(Cl)cc(Cl)c1)C(=O)N1CCCC1. The number of hydrogen-bond donors (Lipinski definition) is 0. The molecule has 1 unspecified atom stereocenters. The van der Waals surface area contributed by atoms with Gasteiger partial charge in [0.1, 0.15) is 5.75 Å². The van der Waals surface area contributed by atoms with Crippen molar-refractivity contribution in [1.29, 1.82) is 0 Å². The van der Waals surface area contributed by atoms with Crippen LogP contribution in [0, 0.1) is 0 Å². The first-order valence-corrected chi connectivity index (χ1v) is 6.73. The fraction of sp³-hybridized carbons (Fsp3) is 0.462. The Hall–Kier alpha value is -0.930. The lowest BCUT2D eigenvalue weighted by Crippen LogP contribution is -2.38. The largest absolute Gasteiger partial charge is 0.481 e. The van der Waals surface area contributed by atoms with E-state index in [-0.39, 0.29) is 5.91 Å². The molecule has 3 nitrogen and oxygen atoms in total. The highest BCUT2D eigenvalue weighted by Gasteiger charge is 2.24. The summed E-state index contributed by atoms with van der Waals surface area (Å²) in [5.74, 6) is 0.538. The Bertz CT molecular complexity index is 424. The second kappa shape index (κ2) is 5.81. The Kier molecular flexibility index (Phi) is 4.36. The van der Waals surface area contributed by atoms with Gasteiger partial charge < -0.3 is 9.64 Å². The van der Waals surface area contributed by atoms with Gasteiger partial charge in [0.2, 0.25) is 0 Å². The van der Waals surface area contributed by atoms with Gasteiger partial charge in [-0.15, -0.1) is 0 Å². The van der Waals surface area contributed by atoms with Crippen LogP contribution in [0.15, 0.2) is 18.2 Å². The zero-order valence-corrected chi connectivity index (χ0v) is 11.7. The lowest BCUT2D eigenvalue weighted by atomic mass is 10.3. The number of halogens is 2. The standard InChI is InChI=1S/C13H15Cl2NO2/c1-9(13(17)16-4-2-3-5-16)18-12-7-10(14)6-11(15)8-12/h6-9H,2-5H2,1H3. The van der Waals surface area contributed by atoms with Crippen LogP contribution in [-0.2, 0) is 4.79 Å². The summed E-state index contributed by atoms with van der Waals surface area (Å²) in [7, 11) is 0. The maximum Gasteiger partial charge on any atom is 0.263 e. The third-order valence-corrected chi connectivity index (χ3v) is 3.35. The second-order valence-electron chi connectivity index (χ2n) is 4.40. The quantitative estimate of drug-likeness (QED) is 0.853. The molecule has 1 saturated heterocycles. The summed E-state index contributed by atoms with van der Waals surface area (Å²) >= 11 is 11.8. The van der Waals surface area contributed by atoms with Crippen molar-refractivity contribution in [2.75, 3.05) is 13.1 Å². The van der Waals surface area contributed by atoms with Crippen LogP contribution >= 0.6 is 23.2 Å². The van der Waals surface area contributed by atoms with Crippen LogP contribution in [-0.4, -0.2) is 30.0 Å². The van der Waals surface area contributed by atoms with Crippen LogP contribution in [0.3, 0.4) is 0 Å². The molecule has 0 saturated carbocycles. The number of carbonyl (C=O) groups is 1. The average molecular weight is 288 g/mol. The zero-order valence-electron chi connectivity index (χ0n) is 10.2. The molecular formula is C13H15Cl2NO2. The van der Waals surface area contributed by atoms with Crippen LogP contribution in [0.1, 0.15) is 19.8 Å². The molecule has 1 atom stereocenters. The average Bonchev–Trinajstić information content (AvgIpc) is 2.79. The summed E-state index contributed by atoms with van der Waals surface area (Å²) in [6, 6.07) is 4.94. The van der Waals surface area contributed by atoms with Gasteiger partial charge >= 0.3 is 0 Å². The molecule has 0 spiro atoms. The van der Waals surface area contributed by atoms with Crippen molar-refractivity contribution in [2.45, 2.75) is 25.9 Å². The molecule has 0 aromatic heterocycles. The molecule has 98 valence electrons. The highest BCUT2D eigenvalue weighted by Crippen LogP contribution is 2.25. The highest BCUT2D eigenvalue weighted by molar-refractivity contribution is 6.34. The van der Waals surface area contributed by atoms with Crippen LogP contribution in [0.5, 0.6) is 5.75 Å². The first-order chi connectivity index (χ1) is 8.56. The van der Waals surface area contributed by atoms with E-state index in [0.717, 1.165) is 25.9 Å². The number of benzene rings is 1. The Labute approximate surface area is 117 Å². The number of rotatable bonds is 3. The van der Waals surface area contributed by atoms with Crippen molar-refractivity contribution in [2.24, 2.45) is 0 Å². The van der Waals surface area contributed by atoms with Crippen LogP contribution in [0.2, 0.25) is 10.0 Å². The highest BCUT2D eigenvalue weighted by atomic mass is 35.5. The Morgan fingerprint density at radius 3 is 2.33 bits per heavy atom. The van der Waals surface area contributed by atoms with E-state index in [1.807, 2.05) is 4.90 Å². The van der Waals surface area contributed by atoms with E-state index < -0.39 is 6.10 Å². The number of amides is 1. The summed E-state index contributed by atoms with van der Waals surface area (Å²) < 4.78 is 5.59. The fourth-order valence-electron chi connectivity index (χ4n) is 2.05. The van der Waals surface area contributed by atoms with E-state index in [2.05, 4.69) is 0 Å². The number of carbonyl (C=O) groups excluding carboxylic acids is 1. The summed E-state index contributed by atoms with van der Waals surface area (Å²) in [5, 5.41) is 0.997. The molecule has 1 amide bonds. The van der Waals surface area contributed by atoms with Gasteiger partial charge in [-0.1, -0.05) is 23.2 Å². The Morgan fingerprint density at radius 1 is 1.22 bits per heavy atom. The number of nitrogens with zero attached hydrogens (tertiary/aromatic N) is 1. The van der Waals surface area contributed by atoms with Crippen LogP contribution < -0.4 is 4.74 Å². The molecule has 1 fully saturated rings. The Balaban J connectivity index is 2.01. The van der Waals surface area contributed by atoms with E-state index in [9.17, 15) is 4.79 Å². The van der Waals surface area contributed by atoms with E-state index in [1.54, 1.807) is 25.1 Å². The lowest BCUT2D eigenvalue weighted by Gasteiger charge is -2.21. The molecule has 1 aliphatic rings. The third-order valence-electron chi connectivity index (χ3n) is 2.91. The molecule has 0 aliphatic carbocycles. The van der Waals surface area contributed by atoms with Gasteiger partial charge in [-0.05, 0) is 38.0 Å². The van der Waals surface area contributed by atoms with Crippen LogP contribution in [0.25, 0.3) is 0 Å². The maximum absolute atomic E-state index is 12.1. The van der Waals surface area contributed by atoms with Crippen molar-refractivity contribution in [1.82, 2.24) is 4.90 Å². The van der Waals surface area contributed by atoms with Gasteiger partial charge in [0.05, 0.1) is 0 Å². The smallest absolute Gasteiger partial charge is 0.263 e. The fourth-order valence-corrected chi connectivity index (χ4v) is 2.55. The van der Waals surface area contributed by atoms with Gasteiger partial charge in [0.15, 0.2) is 6.10 Å². The second-order valence-corrected chi connectivity index (χ2v) is 5.27. The monoisotopic (exact) mass is 287 g/mol. The molecule has 0 N–H and O–H groups in total. The van der Waals surface area contributed by atoms with Crippen molar-refractivity contribution >= 4 is 29.1 Å². The van der Waals surface area contributed by atoms with Crippen molar-refractivity contribution in [3.05, 3.63) is 28.2 Å². The molecule has 1 aromatic rings. The van der Waals surface area contributed by atoms with Gasteiger partial charge in [0, 0.05) is 23.1 Å². The Morgan fingerprint density at radius 2 is 1.78 bits per heavy atom.